The molecular weight excluding hydrogens is 288 g/mol. The molecule has 124 valence electrons. The van der Waals surface area contributed by atoms with E-state index in [1.807, 2.05) is 38.1 Å². The Morgan fingerprint density at radius 3 is 1.35 bits per heavy atom. The molecule has 3 nitrogen and oxygen atoms in total. The first kappa shape index (κ1) is 17.4. The van der Waals surface area contributed by atoms with E-state index in [1.165, 1.54) is 11.1 Å². The van der Waals surface area contributed by atoms with Gasteiger partial charge in [0.15, 0.2) is 0 Å². The molecule has 2 aromatic rings. The van der Waals surface area contributed by atoms with Crippen LogP contribution in [0.2, 0.25) is 0 Å². The van der Waals surface area contributed by atoms with Crippen molar-refractivity contribution in [2.75, 3.05) is 26.4 Å². The molecule has 0 aliphatic heterocycles. The third-order valence-electron chi connectivity index (χ3n) is 3.54. The van der Waals surface area contributed by atoms with Crippen LogP contribution in [0.4, 0.5) is 0 Å². The molecule has 2 rings (SSSR count). The fourth-order valence-electron chi connectivity index (χ4n) is 2.32. The van der Waals surface area contributed by atoms with E-state index in [9.17, 15) is 0 Å². The SMILES string of the molecule is CCOc1ccc(CCOCCc2ccc(OCC)cc2)cc1. The highest BCUT2D eigenvalue weighted by Gasteiger charge is 1.98. The lowest BCUT2D eigenvalue weighted by atomic mass is 10.1. The number of benzene rings is 2. The van der Waals surface area contributed by atoms with Crippen molar-refractivity contribution in [2.24, 2.45) is 0 Å². The second-order valence-electron chi connectivity index (χ2n) is 5.27. The summed E-state index contributed by atoms with van der Waals surface area (Å²) in [7, 11) is 0. The minimum atomic E-state index is 0.702. The molecule has 0 fully saturated rings. The zero-order valence-corrected chi connectivity index (χ0v) is 14.1. The van der Waals surface area contributed by atoms with Crippen molar-refractivity contribution in [3.63, 3.8) is 0 Å². The highest BCUT2D eigenvalue weighted by molar-refractivity contribution is 5.28. The molecule has 0 aliphatic carbocycles. The van der Waals surface area contributed by atoms with Crippen molar-refractivity contribution >= 4 is 0 Å². The van der Waals surface area contributed by atoms with Gasteiger partial charge in [-0.05, 0) is 62.1 Å². The lowest BCUT2D eigenvalue weighted by Crippen LogP contribution is -2.03. The Balaban J connectivity index is 1.63. The van der Waals surface area contributed by atoms with Crippen LogP contribution < -0.4 is 9.47 Å². The highest BCUT2D eigenvalue weighted by Crippen LogP contribution is 2.13. The number of hydrogen-bond donors (Lipinski definition) is 0. The number of ether oxygens (including phenoxy) is 3. The van der Waals surface area contributed by atoms with Gasteiger partial charge >= 0.3 is 0 Å². The first-order chi connectivity index (χ1) is 11.3. The standard InChI is InChI=1S/C20H26O3/c1-3-22-19-9-5-17(6-10-19)13-15-21-16-14-18-7-11-20(12-8-18)23-4-2/h5-12H,3-4,13-16H2,1-2H3. The summed E-state index contributed by atoms with van der Waals surface area (Å²) in [5, 5.41) is 0. The van der Waals surface area contributed by atoms with E-state index in [-0.39, 0.29) is 0 Å². The van der Waals surface area contributed by atoms with E-state index in [0.29, 0.717) is 13.2 Å². The van der Waals surface area contributed by atoms with Gasteiger partial charge in [-0.1, -0.05) is 24.3 Å². The van der Waals surface area contributed by atoms with E-state index in [0.717, 1.165) is 37.6 Å². The highest BCUT2D eigenvalue weighted by atomic mass is 16.5. The summed E-state index contributed by atoms with van der Waals surface area (Å²) in [6.45, 7) is 6.87. The topological polar surface area (TPSA) is 27.7 Å². The third kappa shape index (κ3) is 6.33. The molecule has 0 unspecified atom stereocenters. The molecule has 0 atom stereocenters. The second-order valence-corrected chi connectivity index (χ2v) is 5.27. The lowest BCUT2D eigenvalue weighted by Gasteiger charge is -2.07. The molecule has 0 saturated carbocycles. The lowest BCUT2D eigenvalue weighted by molar-refractivity contribution is 0.140. The van der Waals surface area contributed by atoms with E-state index >= 15 is 0 Å². The smallest absolute Gasteiger partial charge is 0.119 e. The van der Waals surface area contributed by atoms with Crippen LogP contribution in [-0.4, -0.2) is 26.4 Å². The largest absolute Gasteiger partial charge is 0.494 e. The molecule has 0 aromatic heterocycles. The molecule has 0 bridgehead atoms. The molecule has 0 heterocycles. The maximum absolute atomic E-state index is 5.73. The normalized spacial score (nSPS) is 10.5. The Labute approximate surface area is 139 Å². The fourth-order valence-corrected chi connectivity index (χ4v) is 2.32. The van der Waals surface area contributed by atoms with Gasteiger partial charge < -0.3 is 14.2 Å². The van der Waals surface area contributed by atoms with E-state index in [1.54, 1.807) is 0 Å². The first-order valence-electron chi connectivity index (χ1n) is 8.33. The quantitative estimate of drug-likeness (QED) is 0.612. The van der Waals surface area contributed by atoms with Crippen LogP contribution in [0.15, 0.2) is 48.5 Å². The van der Waals surface area contributed by atoms with Crippen molar-refractivity contribution in [1.82, 2.24) is 0 Å². The first-order valence-corrected chi connectivity index (χ1v) is 8.33. The van der Waals surface area contributed by atoms with Gasteiger partial charge in [-0.15, -0.1) is 0 Å². The van der Waals surface area contributed by atoms with Gasteiger partial charge in [0, 0.05) is 0 Å². The average Bonchev–Trinajstić information content (AvgIpc) is 2.58. The minimum Gasteiger partial charge on any atom is -0.494 e. The summed E-state index contributed by atoms with van der Waals surface area (Å²) < 4.78 is 16.6. The second kappa shape index (κ2) is 9.90. The maximum atomic E-state index is 5.73. The van der Waals surface area contributed by atoms with Crippen LogP contribution >= 0.6 is 0 Å². The van der Waals surface area contributed by atoms with Gasteiger partial charge in [0.25, 0.3) is 0 Å². The summed E-state index contributed by atoms with van der Waals surface area (Å²) in [6.07, 6.45) is 1.85. The van der Waals surface area contributed by atoms with Gasteiger partial charge in [0.1, 0.15) is 11.5 Å². The van der Waals surface area contributed by atoms with Crippen LogP contribution in [-0.2, 0) is 17.6 Å². The van der Waals surface area contributed by atoms with Crippen molar-refractivity contribution in [3.05, 3.63) is 59.7 Å². The van der Waals surface area contributed by atoms with E-state index in [2.05, 4.69) is 24.3 Å². The average molecular weight is 314 g/mol. The van der Waals surface area contributed by atoms with Crippen molar-refractivity contribution in [3.8, 4) is 11.5 Å². The van der Waals surface area contributed by atoms with Crippen LogP contribution in [0.25, 0.3) is 0 Å². The molecule has 0 aliphatic rings. The van der Waals surface area contributed by atoms with Crippen LogP contribution in [0.1, 0.15) is 25.0 Å². The molecule has 3 heteroatoms. The summed E-state index contributed by atoms with van der Waals surface area (Å²) in [4.78, 5) is 0. The van der Waals surface area contributed by atoms with E-state index < -0.39 is 0 Å². The Kier molecular flexibility index (Phi) is 7.47. The van der Waals surface area contributed by atoms with Crippen molar-refractivity contribution < 1.29 is 14.2 Å². The van der Waals surface area contributed by atoms with Gasteiger partial charge in [0.2, 0.25) is 0 Å². The van der Waals surface area contributed by atoms with Crippen molar-refractivity contribution in [2.45, 2.75) is 26.7 Å². The molecule has 0 saturated heterocycles. The summed E-state index contributed by atoms with van der Waals surface area (Å²) in [5.74, 6) is 1.85. The van der Waals surface area contributed by atoms with Crippen LogP contribution in [0.5, 0.6) is 11.5 Å². The van der Waals surface area contributed by atoms with Gasteiger partial charge in [-0.25, -0.2) is 0 Å². The van der Waals surface area contributed by atoms with Crippen LogP contribution in [0.3, 0.4) is 0 Å². The fraction of sp³-hybridized carbons (Fsp3) is 0.400. The molecule has 0 N–H and O–H groups in total. The zero-order chi connectivity index (χ0) is 16.3. The van der Waals surface area contributed by atoms with Crippen molar-refractivity contribution in [1.29, 1.82) is 0 Å². The Morgan fingerprint density at radius 1 is 0.609 bits per heavy atom. The molecule has 0 spiro atoms. The van der Waals surface area contributed by atoms with Gasteiger partial charge in [-0.3, -0.25) is 0 Å². The van der Waals surface area contributed by atoms with Gasteiger partial charge in [0.05, 0.1) is 26.4 Å². The summed E-state index contributed by atoms with van der Waals surface area (Å²) in [6, 6.07) is 16.4. The molecule has 23 heavy (non-hydrogen) atoms. The summed E-state index contributed by atoms with van der Waals surface area (Å²) >= 11 is 0. The third-order valence-corrected chi connectivity index (χ3v) is 3.54. The Bertz CT molecular complexity index is 495. The molecule has 0 amide bonds. The number of hydrogen-bond acceptors (Lipinski definition) is 3. The minimum absolute atomic E-state index is 0.702. The summed E-state index contributed by atoms with van der Waals surface area (Å²) in [5.41, 5.74) is 2.55. The van der Waals surface area contributed by atoms with Gasteiger partial charge in [-0.2, -0.15) is 0 Å². The predicted molar refractivity (Wildman–Crippen MR) is 93.4 cm³/mol. The maximum Gasteiger partial charge on any atom is 0.119 e. The molecular formula is C20H26O3. The number of rotatable bonds is 10. The molecule has 0 radical (unpaired) electrons. The monoisotopic (exact) mass is 314 g/mol. The Hall–Kier alpha value is -2.00. The van der Waals surface area contributed by atoms with E-state index in [4.69, 9.17) is 14.2 Å². The predicted octanol–water partition coefficient (Wildman–Crippen LogP) is 4.29. The zero-order valence-electron chi connectivity index (χ0n) is 14.1. The van der Waals surface area contributed by atoms with Crippen LogP contribution in [0, 0.1) is 0 Å². The molecule has 2 aromatic carbocycles. The Morgan fingerprint density at radius 2 is 1.00 bits per heavy atom.